The standard InChI is InChI=1S/C6H4F2INO/c7-6(8)5-4(11)1-3(9)2-10-5/h1-2,6,11H. The predicted octanol–water partition coefficient (Wildman–Crippen LogP) is 2.33. The second-order valence-corrected chi connectivity index (χ2v) is 3.10. The van der Waals surface area contributed by atoms with Gasteiger partial charge in [0.1, 0.15) is 11.4 Å². The van der Waals surface area contributed by atoms with Crippen LogP contribution in [0.4, 0.5) is 8.78 Å². The van der Waals surface area contributed by atoms with Crippen LogP contribution >= 0.6 is 22.6 Å². The van der Waals surface area contributed by atoms with E-state index in [0.717, 1.165) is 0 Å². The van der Waals surface area contributed by atoms with Gasteiger partial charge in [-0.15, -0.1) is 0 Å². The Bertz CT molecular complexity index is 267. The number of rotatable bonds is 1. The minimum atomic E-state index is -2.72. The number of hydrogen-bond acceptors (Lipinski definition) is 2. The monoisotopic (exact) mass is 271 g/mol. The van der Waals surface area contributed by atoms with Crippen LogP contribution in [-0.2, 0) is 0 Å². The average molecular weight is 271 g/mol. The molecule has 0 aliphatic heterocycles. The quantitative estimate of drug-likeness (QED) is 0.795. The molecule has 1 rings (SSSR count). The second kappa shape index (κ2) is 3.29. The van der Waals surface area contributed by atoms with Gasteiger partial charge in [-0.3, -0.25) is 4.98 Å². The molecule has 0 amide bonds. The molecule has 2 nitrogen and oxygen atoms in total. The van der Waals surface area contributed by atoms with E-state index in [1.54, 1.807) is 0 Å². The zero-order valence-corrected chi connectivity index (χ0v) is 7.42. The van der Waals surface area contributed by atoms with E-state index < -0.39 is 17.9 Å². The molecular formula is C6H4F2INO. The van der Waals surface area contributed by atoms with Crippen LogP contribution in [0.1, 0.15) is 12.1 Å². The molecule has 0 unspecified atom stereocenters. The third kappa shape index (κ3) is 1.98. The molecule has 11 heavy (non-hydrogen) atoms. The normalized spacial score (nSPS) is 10.5. The molecule has 1 aromatic rings. The first-order chi connectivity index (χ1) is 5.11. The van der Waals surface area contributed by atoms with Crippen molar-refractivity contribution in [2.24, 2.45) is 0 Å². The zero-order valence-electron chi connectivity index (χ0n) is 5.26. The lowest BCUT2D eigenvalue weighted by molar-refractivity contribution is 0.142. The lowest BCUT2D eigenvalue weighted by Gasteiger charge is -2.00. The number of hydrogen-bond donors (Lipinski definition) is 1. The van der Waals surface area contributed by atoms with Crippen molar-refractivity contribution in [1.29, 1.82) is 0 Å². The van der Waals surface area contributed by atoms with Crippen LogP contribution in [0.3, 0.4) is 0 Å². The summed E-state index contributed by atoms with van der Waals surface area (Å²) in [5, 5.41) is 8.91. The summed E-state index contributed by atoms with van der Waals surface area (Å²) in [6.45, 7) is 0. The van der Waals surface area contributed by atoms with Gasteiger partial charge in [-0.05, 0) is 28.7 Å². The van der Waals surface area contributed by atoms with Crippen molar-refractivity contribution >= 4 is 22.6 Å². The number of pyridine rings is 1. The largest absolute Gasteiger partial charge is 0.506 e. The van der Waals surface area contributed by atoms with Gasteiger partial charge in [0, 0.05) is 9.77 Å². The predicted molar refractivity (Wildman–Crippen MR) is 43.6 cm³/mol. The Morgan fingerprint density at radius 2 is 2.18 bits per heavy atom. The molecule has 60 valence electrons. The number of alkyl halides is 2. The highest BCUT2D eigenvalue weighted by Gasteiger charge is 2.13. The third-order valence-corrected chi connectivity index (χ3v) is 1.66. The molecule has 0 spiro atoms. The lowest BCUT2D eigenvalue weighted by Crippen LogP contribution is -1.90. The van der Waals surface area contributed by atoms with Gasteiger partial charge in [0.05, 0.1) is 0 Å². The van der Waals surface area contributed by atoms with Crippen molar-refractivity contribution in [1.82, 2.24) is 4.98 Å². The molecule has 1 N–H and O–H groups in total. The molecule has 0 aliphatic carbocycles. The highest BCUT2D eigenvalue weighted by Crippen LogP contribution is 2.26. The number of aromatic hydroxyl groups is 1. The molecule has 0 atom stereocenters. The fraction of sp³-hybridized carbons (Fsp3) is 0.167. The highest BCUT2D eigenvalue weighted by atomic mass is 127. The minimum Gasteiger partial charge on any atom is -0.506 e. The van der Waals surface area contributed by atoms with Gasteiger partial charge in [0.15, 0.2) is 0 Å². The van der Waals surface area contributed by atoms with E-state index in [9.17, 15) is 8.78 Å². The van der Waals surface area contributed by atoms with Crippen LogP contribution in [0.2, 0.25) is 0 Å². The molecule has 1 heterocycles. The van der Waals surface area contributed by atoms with Gasteiger partial charge in [-0.25, -0.2) is 8.78 Å². The van der Waals surface area contributed by atoms with Crippen LogP contribution in [0.25, 0.3) is 0 Å². The van der Waals surface area contributed by atoms with Crippen LogP contribution in [0.5, 0.6) is 5.75 Å². The van der Waals surface area contributed by atoms with Crippen molar-refractivity contribution in [3.8, 4) is 5.75 Å². The molecular weight excluding hydrogens is 267 g/mol. The van der Waals surface area contributed by atoms with Crippen LogP contribution < -0.4 is 0 Å². The summed E-state index contributed by atoms with van der Waals surface area (Å²) in [6, 6.07) is 1.25. The minimum absolute atomic E-state index is 0.452. The van der Waals surface area contributed by atoms with Crippen molar-refractivity contribution in [2.45, 2.75) is 6.43 Å². The SMILES string of the molecule is Oc1cc(I)cnc1C(F)F. The topological polar surface area (TPSA) is 33.1 Å². The van der Waals surface area contributed by atoms with Gasteiger partial charge >= 0.3 is 0 Å². The summed E-state index contributed by atoms with van der Waals surface area (Å²) in [5.74, 6) is -0.452. The average Bonchev–Trinajstić information content (AvgIpc) is 1.85. The molecule has 0 saturated heterocycles. The van der Waals surface area contributed by atoms with E-state index in [2.05, 4.69) is 4.98 Å². The molecule has 0 aliphatic rings. The zero-order chi connectivity index (χ0) is 8.43. The smallest absolute Gasteiger partial charge is 0.284 e. The van der Waals surface area contributed by atoms with E-state index in [4.69, 9.17) is 5.11 Å². The molecule has 0 fully saturated rings. The maximum absolute atomic E-state index is 11.9. The van der Waals surface area contributed by atoms with Gasteiger partial charge < -0.3 is 5.11 Å². The molecule has 1 aromatic heterocycles. The summed E-state index contributed by atoms with van der Waals surface area (Å²) in [7, 11) is 0. The molecule has 0 aromatic carbocycles. The van der Waals surface area contributed by atoms with Gasteiger partial charge in [0.25, 0.3) is 6.43 Å². The number of aromatic nitrogens is 1. The Kier molecular flexibility index (Phi) is 2.58. The van der Waals surface area contributed by atoms with E-state index in [-0.39, 0.29) is 0 Å². The van der Waals surface area contributed by atoms with Crippen LogP contribution in [-0.4, -0.2) is 10.1 Å². The van der Waals surface area contributed by atoms with E-state index in [1.165, 1.54) is 12.3 Å². The maximum Gasteiger partial charge on any atom is 0.284 e. The van der Waals surface area contributed by atoms with Gasteiger partial charge in [-0.2, -0.15) is 0 Å². The van der Waals surface area contributed by atoms with Crippen molar-refractivity contribution in [3.05, 3.63) is 21.5 Å². The van der Waals surface area contributed by atoms with Crippen molar-refractivity contribution in [3.63, 3.8) is 0 Å². The van der Waals surface area contributed by atoms with E-state index in [0.29, 0.717) is 3.57 Å². The molecule has 0 saturated carbocycles. The summed E-state index contributed by atoms with van der Waals surface area (Å²) >= 11 is 1.88. The Labute approximate surface area is 75.4 Å². The molecule has 0 radical (unpaired) electrons. The van der Waals surface area contributed by atoms with E-state index in [1.807, 2.05) is 22.6 Å². The Balaban J connectivity index is 3.09. The van der Waals surface area contributed by atoms with Crippen molar-refractivity contribution < 1.29 is 13.9 Å². The summed E-state index contributed by atoms with van der Waals surface area (Å²) in [4.78, 5) is 3.37. The summed E-state index contributed by atoms with van der Waals surface area (Å²) in [5.41, 5.74) is -0.564. The van der Waals surface area contributed by atoms with Crippen LogP contribution in [0, 0.1) is 3.57 Å². The van der Waals surface area contributed by atoms with Crippen molar-refractivity contribution in [2.75, 3.05) is 0 Å². The molecule has 0 bridgehead atoms. The number of nitrogens with zero attached hydrogens (tertiary/aromatic N) is 1. The molecule has 5 heteroatoms. The highest BCUT2D eigenvalue weighted by molar-refractivity contribution is 14.1. The van der Waals surface area contributed by atoms with Crippen LogP contribution in [0.15, 0.2) is 12.3 Å². The summed E-state index contributed by atoms with van der Waals surface area (Å²) in [6.07, 6.45) is -1.44. The maximum atomic E-state index is 11.9. The second-order valence-electron chi connectivity index (χ2n) is 1.86. The summed E-state index contributed by atoms with van der Waals surface area (Å²) < 4.78 is 24.5. The first-order valence-electron chi connectivity index (χ1n) is 2.74. The Morgan fingerprint density at radius 3 is 2.64 bits per heavy atom. The van der Waals surface area contributed by atoms with Gasteiger partial charge in [0.2, 0.25) is 0 Å². The van der Waals surface area contributed by atoms with E-state index >= 15 is 0 Å². The Hall–Kier alpha value is -0.460. The fourth-order valence-corrected chi connectivity index (χ4v) is 1.04. The van der Waals surface area contributed by atoms with Gasteiger partial charge in [-0.1, -0.05) is 0 Å². The number of halogens is 3. The Morgan fingerprint density at radius 1 is 1.55 bits per heavy atom. The first kappa shape index (κ1) is 8.63. The fourth-order valence-electron chi connectivity index (χ4n) is 0.607. The third-order valence-electron chi connectivity index (χ3n) is 1.07. The first-order valence-corrected chi connectivity index (χ1v) is 3.81. The lowest BCUT2D eigenvalue weighted by atomic mass is 10.3.